The molecular formula is C15H15Cl2N3O. The van der Waals surface area contributed by atoms with Gasteiger partial charge in [0.2, 0.25) is 0 Å². The fraction of sp³-hybridized carbons (Fsp3) is 0.267. The fourth-order valence-corrected chi connectivity index (χ4v) is 2.21. The highest BCUT2D eigenvalue weighted by atomic mass is 35.5. The minimum absolute atomic E-state index is 0.189. The number of halogens is 2. The van der Waals surface area contributed by atoms with Crippen LogP contribution in [0.3, 0.4) is 0 Å². The molecule has 0 atom stereocenters. The van der Waals surface area contributed by atoms with Gasteiger partial charge in [-0.25, -0.2) is 9.97 Å². The molecule has 6 heteroatoms. The van der Waals surface area contributed by atoms with Gasteiger partial charge in [0.25, 0.3) is 5.91 Å². The maximum atomic E-state index is 12.3. The van der Waals surface area contributed by atoms with Crippen LogP contribution in [0.15, 0.2) is 24.3 Å². The molecule has 110 valence electrons. The van der Waals surface area contributed by atoms with Crippen LogP contribution in [0, 0.1) is 6.92 Å². The molecule has 0 unspecified atom stereocenters. The summed E-state index contributed by atoms with van der Waals surface area (Å²) in [6.45, 7) is 5.77. The number of hydrogen-bond acceptors (Lipinski definition) is 3. The molecule has 0 aromatic carbocycles. The summed E-state index contributed by atoms with van der Waals surface area (Å²) in [6.07, 6.45) is 0. The Kier molecular flexibility index (Phi) is 4.80. The Morgan fingerprint density at radius 3 is 2.48 bits per heavy atom. The monoisotopic (exact) mass is 323 g/mol. The van der Waals surface area contributed by atoms with E-state index in [9.17, 15) is 4.79 Å². The number of rotatable bonds is 3. The second-order valence-corrected chi connectivity index (χ2v) is 5.75. The zero-order valence-corrected chi connectivity index (χ0v) is 13.5. The number of nitrogens with zero attached hydrogens (tertiary/aromatic N) is 2. The number of amides is 1. The zero-order valence-electron chi connectivity index (χ0n) is 11.9. The second kappa shape index (κ2) is 6.41. The first-order valence-electron chi connectivity index (χ1n) is 6.49. The Hall–Kier alpha value is -1.65. The van der Waals surface area contributed by atoms with Crippen molar-refractivity contribution in [3.8, 4) is 0 Å². The van der Waals surface area contributed by atoms with Crippen LogP contribution in [0.2, 0.25) is 10.3 Å². The van der Waals surface area contributed by atoms with Gasteiger partial charge in [-0.05, 0) is 37.1 Å². The Morgan fingerprint density at radius 1 is 1.14 bits per heavy atom. The van der Waals surface area contributed by atoms with Crippen LogP contribution in [0.4, 0.5) is 5.69 Å². The summed E-state index contributed by atoms with van der Waals surface area (Å²) in [4.78, 5) is 20.6. The van der Waals surface area contributed by atoms with Gasteiger partial charge < -0.3 is 5.32 Å². The van der Waals surface area contributed by atoms with Crippen LogP contribution in [0.25, 0.3) is 0 Å². The Balaban J connectivity index is 2.28. The lowest BCUT2D eigenvalue weighted by atomic mass is 10.1. The number of carbonyl (C=O) groups is 1. The van der Waals surface area contributed by atoms with E-state index in [0.717, 1.165) is 5.69 Å². The molecule has 0 saturated carbocycles. The van der Waals surface area contributed by atoms with Crippen LogP contribution in [0.5, 0.6) is 0 Å². The van der Waals surface area contributed by atoms with Gasteiger partial charge in [-0.15, -0.1) is 0 Å². The van der Waals surface area contributed by atoms with E-state index in [1.165, 1.54) is 0 Å². The predicted molar refractivity (Wildman–Crippen MR) is 85.3 cm³/mol. The summed E-state index contributed by atoms with van der Waals surface area (Å²) >= 11 is 11.8. The molecule has 2 aromatic heterocycles. The summed E-state index contributed by atoms with van der Waals surface area (Å²) in [7, 11) is 0. The molecule has 0 aliphatic rings. The van der Waals surface area contributed by atoms with E-state index in [1.807, 2.05) is 13.8 Å². The van der Waals surface area contributed by atoms with Crippen LogP contribution in [0.1, 0.15) is 41.5 Å². The van der Waals surface area contributed by atoms with Crippen molar-refractivity contribution in [2.45, 2.75) is 26.7 Å². The maximum Gasteiger partial charge on any atom is 0.255 e. The predicted octanol–water partition coefficient (Wildman–Crippen LogP) is 4.47. The van der Waals surface area contributed by atoms with Crippen molar-refractivity contribution in [2.24, 2.45) is 0 Å². The topological polar surface area (TPSA) is 54.9 Å². The molecule has 0 bridgehead atoms. The minimum Gasteiger partial charge on any atom is -0.320 e. The molecule has 2 heterocycles. The molecule has 0 fully saturated rings. The molecule has 2 aromatic rings. The lowest BCUT2D eigenvalue weighted by Crippen LogP contribution is -2.14. The minimum atomic E-state index is -0.256. The van der Waals surface area contributed by atoms with Gasteiger partial charge in [0.05, 0.1) is 11.4 Å². The molecule has 21 heavy (non-hydrogen) atoms. The van der Waals surface area contributed by atoms with Gasteiger partial charge in [-0.2, -0.15) is 0 Å². The standard InChI is InChI=1S/C15H15Cl2N3O/c1-8(2)12-6-10(7-14(17)19-12)15(21)20-11-4-5-13(16)18-9(11)3/h4-8H,1-3H3,(H,20,21). The molecule has 0 spiro atoms. The Labute approximate surface area is 133 Å². The van der Waals surface area contributed by atoms with Gasteiger partial charge in [0.1, 0.15) is 10.3 Å². The summed E-state index contributed by atoms with van der Waals surface area (Å²) in [5, 5.41) is 3.49. The Morgan fingerprint density at radius 2 is 1.86 bits per heavy atom. The number of hydrogen-bond donors (Lipinski definition) is 1. The lowest BCUT2D eigenvalue weighted by molar-refractivity contribution is 0.102. The van der Waals surface area contributed by atoms with E-state index >= 15 is 0 Å². The number of nitrogens with one attached hydrogen (secondary N) is 1. The number of aromatic nitrogens is 2. The van der Waals surface area contributed by atoms with Gasteiger partial charge in [-0.1, -0.05) is 37.0 Å². The third kappa shape index (κ3) is 3.93. The molecular weight excluding hydrogens is 309 g/mol. The van der Waals surface area contributed by atoms with Gasteiger partial charge in [0.15, 0.2) is 0 Å². The molecule has 0 aliphatic heterocycles. The van der Waals surface area contributed by atoms with Gasteiger partial charge in [0, 0.05) is 11.3 Å². The summed E-state index contributed by atoms with van der Waals surface area (Å²) in [6, 6.07) is 6.63. The van der Waals surface area contributed by atoms with Crippen molar-refractivity contribution in [2.75, 3.05) is 5.32 Å². The van der Waals surface area contributed by atoms with Gasteiger partial charge in [-0.3, -0.25) is 4.79 Å². The molecule has 1 N–H and O–H groups in total. The largest absolute Gasteiger partial charge is 0.320 e. The van der Waals surface area contributed by atoms with Crippen molar-refractivity contribution >= 4 is 34.8 Å². The van der Waals surface area contributed by atoms with E-state index in [1.54, 1.807) is 31.2 Å². The fourth-order valence-electron chi connectivity index (χ4n) is 1.80. The van der Waals surface area contributed by atoms with Crippen molar-refractivity contribution in [3.05, 3.63) is 51.5 Å². The summed E-state index contributed by atoms with van der Waals surface area (Å²) in [5.74, 6) is -0.0670. The quantitative estimate of drug-likeness (QED) is 0.848. The molecule has 1 amide bonds. The number of carbonyl (C=O) groups excluding carboxylic acids is 1. The smallest absolute Gasteiger partial charge is 0.255 e. The van der Waals surface area contributed by atoms with Gasteiger partial charge >= 0.3 is 0 Å². The van der Waals surface area contributed by atoms with Crippen molar-refractivity contribution in [1.29, 1.82) is 0 Å². The number of anilines is 1. The van der Waals surface area contributed by atoms with E-state index in [-0.39, 0.29) is 11.8 Å². The molecule has 4 nitrogen and oxygen atoms in total. The number of aryl methyl sites for hydroxylation is 1. The highest BCUT2D eigenvalue weighted by Crippen LogP contribution is 2.20. The first kappa shape index (κ1) is 15.7. The second-order valence-electron chi connectivity index (χ2n) is 4.98. The highest BCUT2D eigenvalue weighted by molar-refractivity contribution is 6.30. The third-order valence-electron chi connectivity index (χ3n) is 2.97. The maximum absolute atomic E-state index is 12.3. The van der Waals surface area contributed by atoms with Crippen LogP contribution < -0.4 is 5.32 Å². The third-order valence-corrected chi connectivity index (χ3v) is 3.37. The molecule has 0 radical (unpaired) electrons. The highest BCUT2D eigenvalue weighted by Gasteiger charge is 2.13. The van der Waals surface area contributed by atoms with Crippen LogP contribution in [-0.4, -0.2) is 15.9 Å². The molecule has 2 rings (SSSR count). The van der Waals surface area contributed by atoms with E-state index in [2.05, 4.69) is 15.3 Å². The first-order valence-corrected chi connectivity index (χ1v) is 7.24. The van der Waals surface area contributed by atoms with Crippen molar-refractivity contribution in [1.82, 2.24) is 9.97 Å². The van der Waals surface area contributed by atoms with Crippen LogP contribution in [-0.2, 0) is 0 Å². The van der Waals surface area contributed by atoms with E-state index < -0.39 is 0 Å². The molecule has 0 saturated heterocycles. The lowest BCUT2D eigenvalue weighted by Gasteiger charge is -2.10. The van der Waals surface area contributed by atoms with E-state index in [4.69, 9.17) is 23.2 Å². The average Bonchev–Trinajstić information content (AvgIpc) is 2.41. The number of pyridine rings is 2. The first-order chi connectivity index (χ1) is 9.86. The van der Waals surface area contributed by atoms with Crippen molar-refractivity contribution < 1.29 is 4.79 Å². The normalized spacial score (nSPS) is 10.8. The van der Waals surface area contributed by atoms with Crippen molar-refractivity contribution in [3.63, 3.8) is 0 Å². The van der Waals surface area contributed by atoms with E-state index in [0.29, 0.717) is 27.3 Å². The average molecular weight is 324 g/mol. The molecule has 0 aliphatic carbocycles. The Bertz CT molecular complexity index is 687. The summed E-state index contributed by atoms with van der Waals surface area (Å²) < 4.78 is 0. The summed E-state index contributed by atoms with van der Waals surface area (Å²) in [5.41, 5.74) is 2.51. The SMILES string of the molecule is Cc1nc(Cl)ccc1NC(=O)c1cc(Cl)nc(C(C)C)c1. The zero-order chi connectivity index (χ0) is 15.6. The van der Waals surface area contributed by atoms with Crippen LogP contribution >= 0.6 is 23.2 Å².